The summed E-state index contributed by atoms with van der Waals surface area (Å²) in [5.74, 6) is 0.374. The van der Waals surface area contributed by atoms with Crippen LogP contribution in [0.2, 0.25) is 0 Å². The number of halogens is 3. The van der Waals surface area contributed by atoms with Gasteiger partial charge in [0.1, 0.15) is 11.9 Å². The largest absolute Gasteiger partial charge is 0.497 e. The van der Waals surface area contributed by atoms with E-state index in [-0.39, 0.29) is 19.1 Å². The van der Waals surface area contributed by atoms with Gasteiger partial charge in [-0.15, -0.1) is 0 Å². The van der Waals surface area contributed by atoms with Gasteiger partial charge in [-0.25, -0.2) is 0 Å². The quantitative estimate of drug-likeness (QED) is 0.687. The normalized spacial score (nSPS) is 13.1. The highest BCUT2D eigenvalue weighted by molar-refractivity contribution is 5.80. The molecule has 0 saturated heterocycles. The highest BCUT2D eigenvalue weighted by atomic mass is 19.4. The number of benzene rings is 2. The van der Waals surface area contributed by atoms with Crippen LogP contribution in [0.25, 0.3) is 0 Å². The van der Waals surface area contributed by atoms with Crippen LogP contribution >= 0.6 is 0 Å². The maximum Gasteiger partial charge on any atom is 0.416 e. The van der Waals surface area contributed by atoms with E-state index in [4.69, 9.17) is 9.47 Å². The lowest BCUT2D eigenvalue weighted by Crippen LogP contribution is -2.41. The van der Waals surface area contributed by atoms with Gasteiger partial charge < -0.3 is 14.8 Å². The van der Waals surface area contributed by atoms with Crippen molar-refractivity contribution in [1.29, 1.82) is 0 Å². The average Bonchev–Trinajstić information content (AvgIpc) is 2.69. The smallest absolute Gasteiger partial charge is 0.416 e. The maximum absolute atomic E-state index is 13.0. The summed E-state index contributed by atoms with van der Waals surface area (Å²) in [6.45, 7) is 5.62. The summed E-state index contributed by atoms with van der Waals surface area (Å²) in [5, 5.41) is 2.77. The molecule has 1 amide bonds. The van der Waals surface area contributed by atoms with Gasteiger partial charge in [0.15, 0.2) is 0 Å². The first-order valence-electron chi connectivity index (χ1n) is 9.23. The highest BCUT2D eigenvalue weighted by Crippen LogP contribution is 2.32. The Labute approximate surface area is 169 Å². The van der Waals surface area contributed by atoms with E-state index in [0.717, 1.165) is 17.7 Å². The molecule has 0 aromatic heterocycles. The Kier molecular flexibility index (Phi) is 7.30. The van der Waals surface area contributed by atoms with Crippen molar-refractivity contribution in [3.8, 4) is 5.75 Å². The predicted octanol–water partition coefficient (Wildman–Crippen LogP) is 4.71. The number of nitrogens with one attached hydrogen (secondary N) is 1. The first-order valence-corrected chi connectivity index (χ1v) is 9.23. The third-order valence-electron chi connectivity index (χ3n) is 4.68. The van der Waals surface area contributed by atoms with Crippen LogP contribution in [-0.4, -0.2) is 25.7 Å². The Balaban J connectivity index is 1.92. The molecule has 0 heterocycles. The molecule has 0 aliphatic rings. The first-order chi connectivity index (χ1) is 13.5. The van der Waals surface area contributed by atoms with Crippen LogP contribution in [-0.2, 0) is 27.7 Å². The number of amides is 1. The molecular formula is C22H26F3NO3. The fraction of sp³-hybridized carbons (Fsp3) is 0.409. The first kappa shape index (κ1) is 22.7. The van der Waals surface area contributed by atoms with Crippen molar-refractivity contribution in [1.82, 2.24) is 5.32 Å². The van der Waals surface area contributed by atoms with Gasteiger partial charge in [0.25, 0.3) is 0 Å². The number of hydrogen-bond acceptors (Lipinski definition) is 3. The van der Waals surface area contributed by atoms with E-state index in [1.54, 1.807) is 33.9 Å². The van der Waals surface area contributed by atoms with Crippen molar-refractivity contribution in [2.45, 2.75) is 45.1 Å². The van der Waals surface area contributed by atoms with Crippen LogP contribution in [0.3, 0.4) is 0 Å². The van der Waals surface area contributed by atoms with Crippen molar-refractivity contribution in [3.05, 3.63) is 65.2 Å². The van der Waals surface area contributed by atoms with E-state index in [2.05, 4.69) is 5.32 Å². The fourth-order valence-electron chi connectivity index (χ4n) is 2.73. The summed E-state index contributed by atoms with van der Waals surface area (Å²) in [6.07, 6.45) is -5.11. The van der Waals surface area contributed by atoms with Gasteiger partial charge in [-0.3, -0.25) is 4.79 Å². The van der Waals surface area contributed by atoms with Crippen LogP contribution in [0.1, 0.15) is 37.5 Å². The second kappa shape index (κ2) is 9.31. The highest BCUT2D eigenvalue weighted by Gasteiger charge is 2.32. The molecule has 1 atom stereocenters. The topological polar surface area (TPSA) is 47.6 Å². The standard InChI is InChI=1S/C22H26F3NO3/c1-15(29-13-16-7-5-10-19(11-16)28-4)20(27)26-14-21(2,3)17-8-6-9-18(12-17)22(23,24)25/h5-12,15H,13-14H2,1-4H3,(H,26,27). The number of rotatable bonds is 8. The molecule has 0 radical (unpaired) electrons. The molecule has 2 aromatic rings. The number of hydrogen-bond donors (Lipinski definition) is 1. The molecule has 1 unspecified atom stereocenters. The van der Waals surface area contributed by atoms with Gasteiger partial charge in [0.2, 0.25) is 5.91 Å². The van der Waals surface area contributed by atoms with Gasteiger partial charge in [-0.2, -0.15) is 13.2 Å². The zero-order valence-corrected chi connectivity index (χ0v) is 17.0. The lowest BCUT2D eigenvalue weighted by molar-refractivity contribution is -0.137. The lowest BCUT2D eigenvalue weighted by Gasteiger charge is -2.27. The lowest BCUT2D eigenvalue weighted by atomic mass is 9.83. The molecule has 2 aromatic carbocycles. The summed E-state index contributed by atoms with van der Waals surface area (Å²) in [4.78, 5) is 12.4. The Hall–Kier alpha value is -2.54. The third kappa shape index (κ3) is 6.49. The van der Waals surface area contributed by atoms with Gasteiger partial charge in [0.05, 0.1) is 19.3 Å². The minimum atomic E-state index is -4.40. The number of ether oxygens (including phenoxy) is 2. The van der Waals surface area contributed by atoms with Gasteiger partial charge >= 0.3 is 6.18 Å². The van der Waals surface area contributed by atoms with Crippen LogP contribution in [0, 0.1) is 0 Å². The molecule has 0 spiro atoms. The van der Waals surface area contributed by atoms with E-state index in [0.29, 0.717) is 11.3 Å². The SMILES string of the molecule is COc1cccc(COC(C)C(=O)NCC(C)(C)c2cccc(C(F)(F)F)c2)c1. The Morgan fingerprint density at radius 3 is 2.38 bits per heavy atom. The molecule has 7 heteroatoms. The average molecular weight is 409 g/mol. The second-order valence-electron chi connectivity index (χ2n) is 7.49. The molecule has 4 nitrogen and oxygen atoms in total. The number of carbonyl (C=O) groups excluding carboxylic acids is 1. The summed E-state index contributed by atoms with van der Waals surface area (Å²) < 4.78 is 49.6. The van der Waals surface area contributed by atoms with Crippen molar-refractivity contribution >= 4 is 5.91 Å². The van der Waals surface area contributed by atoms with Crippen LogP contribution in [0.15, 0.2) is 48.5 Å². The van der Waals surface area contributed by atoms with Crippen molar-refractivity contribution in [2.75, 3.05) is 13.7 Å². The molecule has 29 heavy (non-hydrogen) atoms. The van der Waals surface area contributed by atoms with E-state index < -0.39 is 23.3 Å². The van der Waals surface area contributed by atoms with Crippen LogP contribution < -0.4 is 10.1 Å². The zero-order chi connectivity index (χ0) is 21.7. The Morgan fingerprint density at radius 2 is 1.72 bits per heavy atom. The van der Waals surface area contributed by atoms with Crippen molar-refractivity contribution in [2.24, 2.45) is 0 Å². The van der Waals surface area contributed by atoms with E-state index in [1.165, 1.54) is 6.07 Å². The molecule has 0 aliphatic heterocycles. The van der Waals surface area contributed by atoms with Gasteiger partial charge in [0, 0.05) is 12.0 Å². The summed E-state index contributed by atoms with van der Waals surface area (Å²) >= 11 is 0. The molecule has 2 rings (SSSR count). The summed E-state index contributed by atoms with van der Waals surface area (Å²) in [6, 6.07) is 12.5. The van der Waals surface area contributed by atoms with Crippen LogP contribution in [0.5, 0.6) is 5.75 Å². The van der Waals surface area contributed by atoms with Crippen molar-refractivity contribution in [3.63, 3.8) is 0 Å². The van der Waals surface area contributed by atoms with Crippen molar-refractivity contribution < 1.29 is 27.4 Å². The van der Waals surface area contributed by atoms with Gasteiger partial charge in [-0.05, 0) is 36.2 Å². The predicted molar refractivity (Wildman–Crippen MR) is 105 cm³/mol. The fourth-order valence-corrected chi connectivity index (χ4v) is 2.73. The number of carbonyl (C=O) groups is 1. The molecule has 0 aliphatic carbocycles. The number of alkyl halides is 3. The Bertz CT molecular complexity index is 834. The monoisotopic (exact) mass is 409 g/mol. The minimum absolute atomic E-state index is 0.181. The third-order valence-corrected chi connectivity index (χ3v) is 4.68. The molecule has 0 saturated carbocycles. The second-order valence-corrected chi connectivity index (χ2v) is 7.49. The minimum Gasteiger partial charge on any atom is -0.497 e. The molecule has 0 fully saturated rings. The van der Waals surface area contributed by atoms with Crippen LogP contribution in [0.4, 0.5) is 13.2 Å². The number of methoxy groups -OCH3 is 1. The molecule has 1 N–H and O–H groups in total. The van der Waals surface area contributed by atoms with E-state index >= 15 is 0 Å². The van der Waals surface area contributed by atoms with E-state index in [1.807, 2.05) is 24.3 Å². The molecular weight excluding hydrogens is 383 g/mol. The zero-order valence-electron chi connectivity index (χ0n) is 17.0. The molecule has 158 valence electrons. The van der Waals surface area contributed by atoms with E-state index in [9.17, 15) is 18.0 Å². The summed E-state index contributed by atoms with van der Waals surface area (Å²) in [7, 11) is 1.57. The van der Waals surface area contributed by atoms with Gasteiger partial charge in [-0.1, -0.05) is 44.2 Å². The Morgan fingerprint density at radius 1 is 1.07 bits per heavy atom. The summed E-state index contributed by atoms with van der Waals surface area (Å²) in [5.41, 5.74) is -0.0149. The molecule has 0 bridgehead atoms. The maximum atomic E-state index is 13.0.